The first kappa shape index (κ1) is 23.6. The van der Waals surface area contributed by atoms with Crippen molar-refractivity contribution >= 4 is 21.4 Å². The van der Waals surface area contributed by atoms with Gasteiger partial charge in [0.2, 0.25) is 9.84 Å². The van der Waals surface area contributed by atoms with Crippen LogP contribution < -0.4 is 0 Å². The van der Waals surface area contributed by atoms with Crippen molar-refractivity contribution in [1.29, 1.82) is 0 Å². The lowest BCUT2D eigenvalue weighted by molar-refractivity contribution is -0.387. The summed E-state index contributed by atoms with van der Waals surface area (Å²) in [7, 11) is -4.27. The number of rotatable bonds is 6. The number of hydrogen-bond acceptors (Lipinski definition) is 5. The minimum Gasteiger partial charge on any atom is -0.339 e. The van der Waals surface area contributed by atoms with Crippen LogP contribution >= 0.6 is 0 Å². The van der Waals surface area contributed by atoms with Gasteiger partial charge in [0.25, 0.3) is 11.6 Å². The molecule has 1 aliphatic rings. The number of nitrogens with zero attached hydrogens (tertiary/aromatic N) is 2. The minimum absolute atomic E-state index is 0.0614. The quantitative estimate of drug-likeness (QED) is 0.289. The van der Waals surface area contributed by atoms with Gasteiger partial charge in [-0.2, -0.15) is 0 Å². The summed E-state index contributed by atoms with van der Waals surface area (Å²) in [4.78, 5) is 24.7. The van der Waals surface area contributed by atoms with Gasteiger partial charge in [0.05, 0.1) is 9.82 Å². The molecule has 1 fully saturated rings. The topological polar surface area (TPSA) is 97.6 Å². The zero-order valence-electron chi connectivity index (χ0n) is 18.3. The number of carbonyl (C=O) groups excluding carboxylic acids is 1. The van der Waals surface area contributed by atoms with Crippen molar-refractivity contribution in [2.45, 2.75) is 29.1 Å². The van der Waals surface area contributed by atoms with E-state index in [1.807, 2.05) is 18.2 Å². The van der Waals surface area contributed by atoms with E-state index in [1.165, 1.54) is 11.6 Å². The fraction of sp³-hybridized carbons (Fsp3) is 0.240. The average molecular weight is 483 g/mol. The van der Waals surface area contributed by atoms with Crippen molar-refractivity contribution in [2.24, 2.45) is 5.92 Å². The zero-order chi connectivity index (χ0) is 24.3. The second kappa shape index (κ2) is 9.72. The first-order valence-electron chi connectivity index (χ1n) is 10.9. The molecule has 176 valence electrons. The summed E-state index contributed by atoms with van der Waals surface area (Å²) in [6, 6.07) is 17.6. The molecule has 1 saturated heterocycles. The van der Waals surface area contributed by atoms with Gasteiger partial charge in [0.15, 0.2) is 0 Å². The van der Waals surface area contributed by atoms with Crippen LogP contribution in [0.25, 0.3) is 0 Å². The molecule has 1 amide bonds. The summed E-state index contributed by atoms with van der Waals surface area (Å²) in [5, 5.41) is 11.7. The van der Waals surface area contributed by atoms with Gasteiger partial charge in [-0.15, -0.1) is 0 Å². The predicted molar refractivity (Wildman–Crippen MR) is 124 cm³/mol. The lowest BCUT2D eigenvalue weighted by Crippen LogP contribution is -2.39. The van der Waals surface area contributed by atoms with Crippen molar-refractivity contribution in [3.8, 4) is 0 Å². The van der Waals surface area contributed by atoms with Gasteiger partial charge in [-0.25, -0.2) is 12.8 Å². The Morgan fingerprint density at radius 1 is 1.00 bits per heavy atom. The van der Waals surface area contributed by atoms with E-state index in [0.29, 0.717) is 19.0 Å². The molecule has 0 bridgehead atoms. The summed E-state index contributed by atoms with van der Waals surface area (Å²) in [5.41, 5.74) is 0.626. The summed E-state index contributed by atoms with van der Waals surface area (Å²) in [5.74, 6) is -0.544. The maximum Gasteiger partial charge on any atom is 0.289 e. The third kappa shape index (κ3) is 4.99. The molecule has 0 aliphatic carbocycles. The highest BCUT2D eigenvalue weighted by atomic mass is 32.2. The van der Waals surface area contributed by atoms with E-state index < -0.39 is 31.2 Å². The number of sulfone groups is 1. The van der Waals surface area contributed by atoms with Crippen LogP contribution in [0.4, 0.5) is 10.1 Å². The van der Waals surface area contributed by atoms with Gasteiger partial charge in [-0.1, -0.05) is 30.3 Å². The normalized spacial score (nSPS) is 14.7. The largest absolute Gasteiger partial charge is 0.339 e. The first-order valence-corrected chi connectivity index (χ1v) is 12.4. The second-order valence-corrected chi connectivity index (χ2v) is 10.2. The lowest BCUT2D eigenvalue weighted by atomic mass is 9.90. The van der Waals surface area contributed by atoms with Crippen molar-refractivity contribution in [3.05, 3.63) is 99.9 Å². The molecule has 4 rings (SSSR count). The Labute approximate surface area is 196 Å². The molecule has 0 aromatic heterocycles. The van der Waals surface area contributed by atoms with Crippen LogP contribution in [0.5, 0.6) is 0 Å². The molecule has 0 atom stereocenters. The number of benzene rings is 3. The molecule has 7 nitrogen and oxygen atoms in total. The van der Waals surface area contributed by atoms with E-state index >= 15 is 0 Å². The SMILES string of the molecule is O=C(c1ccc(S(=O)(=O)c2ccc(F)cc2)c([N+](=O)[O-])c1)N1CCC(Cc2ccccc2)CC1. The molecule has 0 radical (unpaired) electrons. The van der Waals surface area contributed by atoms with E-state index in [0.717, 1.165) is 55.7 Å². The van der Waals surface area contributed by atoms with Crippen LogP contribution in [-0.2, 0) is 16.3 Å². The van der Waals surface area contributed by atoms with Gasteiger partial charge >= 0.3 is 0 Å². The highest BCUT2D eigenvalue weighted by molar-refractivity contribution is 7.91. The van der Waals surface area contributed by atoms with E-state index in [4.69, 9.17) is 0 Å². The maximum atomic E-state index is 13.2. The van der Waals surface area contributed by atoms with Crippen LogP contribution in [-0.4, -0.2) is 37.2 Å². The van der Waals surface area contributed by atoms with E-state index in [1.54, 1.807) is 4.90 Å². The van der Waals surface area contributed by atoms with Crippen LogP contribution in [0, 0.1) is 21.8 Å². The Bertz CT molecular complexity index is 1300. The van der Waals surface area contributed by atoms with Gasteiger partial charge in [0.1, 0.15) is 10.7 Å². The zero-order valence-corrected chi connectivity index (χ0v) is 19.1. The van der Waals surface area contributed by atoms with Crippen molar-refractivity contribution in [3.63, 3.8) is 0 Å². The van der Waals surface area contributed by atoms with E-state index in [9.17, 15) is 27.7 Å². The summed E-state index contributed by atoms with van der Waals surface area (Å²) in [6.45, 7) is 1.06. The Balaban J connectivity index is 1.52. The molecule has 0 spiro atoms. The third-order valence-corrected chi connectivity index (χ3v) is 7.90. The number of likely N-dealkylation sites (tertiary alicyclic amines) is 1. The van der Waals surface area contributed by atoms with Crippen LogP contribution in [0.1, 0.15) is 28.8 Å². The molecule has 0 saturated carbocycles. The van der Waals surface area contributed by atoms with E-state index in [-0.39, 0.29) is 16.4 Å². The van der Waals surface area contributed by atoms with Gasteiger partial charge < -0.3 is 4.90 Å². The fourth-order valence-corrected chi connectivity index (χ4v) is 5.64. The lowest BCUT2D eigenvalue weighted by Gasteiger charge is -2.32. The monoisotopic (exact) mass is 482 g/mol. The third-order valence-electron chi connectivity index (χ3n) is 6.08. The minimum atomic E-state index is -4.27. The number of nitro groups is 1. The number of carbonyl (C=O) groups is 1. The Kier molecular flexibility index (Phi) is 6.74. The van der Waals surface area contributed by atoms with Crippen LogP contribution in [0.15, 0.2) is 82.6 Å². The number of amides is 1. The van der Waals surface area contributed by atoms with Crippen molar-refractivity contribution in [2.75, 3.05) is 13.1 Å². The Morgan fingerprint density at radius 2 is 1.65 bits per heavy atom. The van der Waals surface area contributed by atoms with Crippen molar-refractivity contribution in [1.82, 2.24) is 4.90 Å². The number of hydrogen-bond donors (Lipinski definition) is 0. The summed E-state index contributed by atoms with van der Waals surface area (Å²) >= 11 is 0. The van der Waals surface area contributed by atoms with Gasteiger partial charge in [0, 0.05) is 24.7 Å². The first-order chi connectivity index (χ1) is 16.3. The van der Waals surface area contributed by atoms with Gasteiger partial charge in [-0.05, 0) is 67.1 Å². The van der Waals surface area contributed by atoms with E-state index in [2.05, 4.69) is 12.1 Å². The second-order valence-electron chi connectivity index (χ2n) is 8.32. The molecule has 34 heavy (non-hydrogen) atoms. The van der Waals surface area contributed by atoms with Crippen LogP contribution in [0.3, 0.4) is 0 Å². The molecule has 1 aliphatic heterocycles. The summed E-state index contributed by atoms with van der Waals surface area (Å²) in [6.07, 6.45) is 2.57. The molecule has 3 aromatic rings. The standard InChI is InChI=1S/C25H23FN2O5S/c26-21-7-9-22(10-8-21)34(32,33)24-11-6-20(17-23(24)28(30)31)25(29)27-14-12-19(13-15-27)16-18-4-2-1-3-5-18/h1-11,17,19H,12-16H2. The molecular weight excluding hydrogens is 459 g/mol. The van der Waals surface area contributed by atoms with Crippen LogP contribution in [0.2, 0.25) is 0 Å². The Morgan fingerprint density at radius 3 is 2.26 bits per heavy atom. The predicted octanol–water partition coefficient (Wildman–Crippen LogP) is 4.66. The highest BCUT2D eigenvalue weighted by Gasteiger charge is 2.30. The molecule has 9 heteroatoms. The average Bonchev–Trinajstić information content (AvgIpc) is 2.84. The molecule has 3 aromatic carbocycles. The molecule has 0 N–H and O–H groups in total. The molecule has 0 unspecified atom stereocenters. The smallest absolute Gasteiger partial charge is 0.289 e. The number of piperidine rings is 1. The number of nitro benzene ring substituents is 1. The van der Waals surface area contributed by atoms with Gasteiger partial charge in [-0.3, -0.25) is 14.9 Å². The fourth-order valence-electron chi connectivity index (χ4n) is 4.23. The Hall–Kier alpha value is -3.59. The summed E-state index contributed by atoms with van der Waals surface area (Å²) < 4.78 is 39.0. The molecular formula is C25H23FN2O5S. The van der Waals surface area contributed by atoms with Crippen molar-refractivity contribution < 1.29 is 22.5 Å². The number of halogens is 1. The molecule has 1 heterocycles. The highest BCUT2D eigenvalue weighted by Crippen LogP contribution is 2.31. The maximum absolute atomic E-state index is 13.2.